The molecule has 0 saturated heterocycles. The molecule has 0 spiro atoms. The van der Waals surface area contributed by atoms with Gasteiger partial charge in [0.25, 0.3) is 0 Å². The quantitative estimate of drug-likeness (QED) is 0.510. The van der Waals surface area contributed by atoms with E-state index < -0.39 is 6.67 Å². The van der Waals surface area contributed by atoms with Crippen LogP contribution in [0.4, 0.5) is 24.9 Å². The van der Waals surface area contributed by atoms with Crippen molar-refractivity contribution >= 4 is 17.1 Å². The second-order valence-electron chi connectivity index (χ2n) is 4.02. The number of benzene rings is 2. The molecule has 0 aliphatic carbocycles. The summed E-state index contributed by atoms with van der Waals surface area (Å²) in [6, 6.07) is 14.6. The number of hydrogen-bond acceptors (Lipinski definition) is 2. The van der Waals surface area contributed by atoms with Gasteiger partial charge in [0.15, 0.2) is 0 Å². The lowest BCUT2D eigenvalue weighted by Crippen LogP contribution is -2.00. The Hall–Kier alpha value is -2.95. The lowest BCUT2D eigenvalue weighted by Gasteiger charge is -2.12. The molecule has 0 aliphatic heterocycles. The Kier molecular flexibility index (Phi) is 14.5. The molecule has 130 valence electrons. The molecule has 2 rings (SSSR count). The summed E-state index contributed by atoms with van der Waals surface area (Å²) in [5, 5.41) is 3.13. The first-order chi connectivity index (χ1) is 11.7. The van der Waals surface area contributed by atoms with Crippen LogP contribution in [-0.4, -0.2) is 0 Å². The van der Waals surface area contributed by atoms with Crippen molar-refractivity contribution in [2.75, 3.05) is 11.1 Å². The number of anilines is 2. The first-order valence-corrected chi connectivity index (χ1v) is 6.80. The molecule has 0 aliphatic rings. The molecule has 3 N–H and O–H groups in total. The van der Waals surface area contributed by atoms with Gasteiger partial charge in [-0.25, -0.2) is 4.39 Å². The summed E-state index contributed by atoms with van der Waals surface area (Å²) in [6.45, 7) is 15.4. The zero-order chi connectivity index (χ0) is 19.0. The topological polar surface area (TPSA) is 38.0 Å². The zero-order valence-corrected chi connectivity index (χ0v) is 13.6. The maximum absolute atomic E-state index is 12.9. The number of nitrogen functional groups attached to an aromatic ring is 1. The smallest absolute Gasteiger partial charge is 0.115 e. The summed E-state index contributed by atoms with van der Waals surface area (Å²) >= 11 is 0. The van der Waals surface area contributed by atoms with Crippen LogP contribution in [0.1, 0.15) is 11.1 Å². The predicted octanol–water partition coefficient (Wildman–Crippen LogP) is 6.27. The molecule has 2 aromatic rings. The van der Waals surface area contributed by atoms with Crippen LogP contribution in [0.5, 0.6) is 0 Å². The van der Waals surface area contributed by atoms with E-state index >= 15 is 0 Å². The number of nitrogens with one attached hydrogen (secondary N) is 1. The van der Waals surface area contributed by atoms with Crippen molar-refractivity contribution in [3.63, 3.8) is 0 Å². The highest BCUT2D eigenvalue weighted by atomic mass is 20.0. The van der Waals surface area contributed by atoms with E-state index in [1.165, 1.54) is 0 Å². The molecule has 0 radical (unpaired) electrons. The Morgan fingerprint density at radius 2 is 1.54 bits per heavy atom. The van der Waals surface area contributed by atoms with Crippen molar-refractivity contribution in [1.29, 1.82) is 0 Å². The Morgan fingerprint density at radius 1 is 0.958 bits per heavy atom. The standard InChI is InChI=1S/C15H15FN2.2C2H4.F2/c1-11(15-8-3-2-5-12(15)10-16)18-14-7-4-6-13(17)9-14;3*1-2/h2-9,18H,1,10,17H2;2*1-2H2;. The largest absolute Gasteiger partial charge is 0.399 e. The van der Waals surface area contributed by atoms with Crippen LogP contribution in [0.3, 0.4) is 0 Å². The van der Waals surface area contributed by atoms with E-state index in [1.807, 2.05) is 42.5 Å². The second kappa shape index (κ2) is 15.0. The Labute approximate surface area is 141 Å². The highest BCUT2D eigenvalue weighted by Crippen LogP contribution is 2.22. The molecule has 0 amide bonds. The molecule has 2 aromatic carbocycles. The van der Waals surface area contributed by atoms with Gasteiger partial charge < -0.3 is 11.1 Å². The van der Waals surface area contributed by atoms with Gasteiger partial charge in [0.05, 0.1) is 0 Å². The molecule has 2 nitrogen and oxygen atoms in total. The van der Waals surface area contributed by atoms with Gasteiger partial charge in [-0.05, 0) is 23.8 Å². The third-order valence-electron chi connectivity index (χ3n) is 2.67. The fourth-order valence-corrected chi connectivity index (χ4v) is 1.79. The summed E-state index contributed by atoms with van der Waals surface area (Å²) < 4.78 is 28.9. The van der Waals surface area contributed by atoms with Gasteiger partial charge in [-0.3, -0.25) is 0 Å². The average molecular weight is 336 g/mol. The maximum atomic E-state index is 12.9. The van der Waals surface area contributed by atoms with Crippen LogP contribution >= 0.6 is 0 Å². The molecule has 0 unspecified atom stereocenters. The van der Waals surface area contributed by atoms with Crippen molar-refractivity contribution in [3.8, 4) is 0 Å². The van der Waals surface area contributed by atoms with E-state index in [1.54, 1.807) is 6.07 Å². The molecule has 0 aromatic heterocycles. The van der Waals surface area contributed by atoms with Crippen LogP contribution in [0, 0.1) is 0 Å². The number of rotatable bonds is 4. The summed E-state index contributed by atoms with van der Waals surface area (Å²) in [5.74, 6) is 0. The summed E-state index contributed by atoms with van der Waals surface area (Å²) in [6.07, 6.45) is 0. The summed E-state index contributed by atoms with van der Waals surface area (Å²) in [5.41, 5.74) is 9.28. The molecule has 0 atom stereocenters. The molecule has 0 fully saturated rings. The molecule has 24 heavy (non-hydrogen) atoms. The number of hydrogen-bond donors (Lipinski definition) is 2. The van der Waals surface area contributed by atoms with Gasteiger partial charge in [-0.15, -0.1) is 26.3 Å². The van der Waals surface area contributed by atoms with E-state index in [0.29, 0.717) is 16.9 Å². The Balaban J connectivity index is 0. The normalized spacial score (nSPS) is 8.12. The van der Waals surface area contributed by atoms with Crippen LogP contribution in [-0.2, 0) is 6.67 Å². The van der Waals surface area contributed by atoms with Gasteiger partial charge in [-0.1, -0.05) is 36.9 Å². The van der Waals surface area contributed by atoms with Crippen LogP contribution in [0.25, 0.3) is 5.70 Å². The first-order valence-electron chi connectivity index (χ1n) is 6.80. The summed E-state index contributed by atoms with van der Waals surface area (Å²) in [4.78, 5) is 0. The third-order valence-corrected chi connectivity index (χ3v) is 2.67. The minimum atomic E-state index is -0.506. The van der Waals surface area contributed by atoms with Crippen LogP contribution < -0.4 is 11.1 Å². The Morgan fingerprint density at radius 3 is 2.08 bits per heavy atom. The molecular weight excluding hydrogens is 313 g/mol. The molecule has 0 saturated carbocycles. The average Bonchev–Trinajstić information content (AvgIpc) is 2.66. The van der Waals surface area contributed by atoms with Gasteiger partial charge in [0.2, 0.25) is 0 Å². The third kappa shape index (κ3) is 7.89. The van der Waals surface area contributed by atoms with E-state index in [2.05, 4.69) is 38.2 Å². The van der Waals surface area contributed by atoms with Crippen molar-refractivity contribution in [2.24, 2.45) is 0 Å². The molecule has 0 bridgehead atoms. The van der Waals surface area contributed by atoms with Crippen molar-refractivity contribution in [2.45, 2.75) is 6.67 Å². The maximum Gasteiger partial charge on any atom is 0.115 e. The van der Waals surface area contributed by atoms with Gasteiger partial charge in [0, 0.05) is 31.8 Å². The van der Waals surface area contributed by atoms with Gasteiger partial charge in [-0.2, -0.15) is 0 Å². The van der Waals surface area contributed by atoms with E-state index in [4.69, 9.17) is 14.9 Å². The summed E-state index contributed by atoms with van der Waals surface area (Å²) in [7, 11) is 0. The lowest BCUT2D eigenvalue weighted by molar-refractivity contribution is 0.108. The van der Waals surface area contributed by atoms with Crippen molar-refractivity contribution in [1.82, 2.24) is 0 Å². The highest BCUT2D eigenvalue weighted by molar-refractivity contribution is 5.77. The minimum absolute atomic E-state index is 0.506. The highest BCUT2D eigenvalue weighted by Gasteiger charge is 2.05. The van der Waals surface area contributed by atoms with Crippen molar-refractivity contribution in [3.05, 3.63) is 92.6 Å². The molecule has 5 heteroatoms. The molecular formula is C19H23F3N2. The Bertz CT molecular complexity index is 599. The monoisotopic (exact) mass is 336 g/mol. The number of nitrogens with two attached hydrogens (primary N) is 1. The van der Waals surface area contributed by atoms with E-state index in [9.17, 15) is 4.39 Å². The SMILES string of the molecule is C=C.C=C.C=C(Nc1cccc(N)c1)c1ccccc1CF.FF. The van der Waals surface area contributed by atoms with Crippen molar-refractivity contribution < 1.29 is 13.5 Å². The van der Waals surface area contributed by atoms with Gasteiger partial charge in [0.1, 0.15) is 6.67 Å². The first kappa shape index (κ1) is 23.3. The fraction of sp³-hybridized carbons (Fsp3) is 0.0526. The minimum Gasteiger partial charge on any atom is -0.399 e. The van der Waals surface area contributed by atoms with E-state index in [-0.39, 0.29) is 0 Å². The van der Waals surface area contributed by atoms with Gasteiger partial charge >= 0.3 is 0 Å². The number of halogens is 3. The number of alkyl halides is 1. The van der Waals surface area contributed by atoms with Crippen LogP contribution in [0.15, 0.2) is 81.4 Å². The zero-order valence-electron chi connectivity index (χ0n) is 13.6. The lowest BCUT2D eigenvalue weighted by atomic mass is 10.1. The predicted molar refractivity (Wildman–Crippen MR) is 99.5 cm³/mol. The van der Waals surface area contributed by atoms with Crippen LogP contribution in [0.2, 0.25) is 0 Å². The van der Waals surface area contributed by atoms with E-state index in [0.717, 1.165) is 11.3 Å². The fourth-order valence-electron chi connectivity index (χ4n) is 1.79. The second-order valence-corrected chi connectivity index (χ2v) is 4.02. The molecule has 0 heterocycles.